The van der Waals surface area contributed by atoms with Crippen LogP contribution in [0, 0.1) is 6.92 Å². The van der Waals surface area contributed by atoms with Gasteiger partial charge < -0.3 is 9.73 Å². The molecule has 4 rings (SSSR count). The molecule has 1 amide bonds. The van der Waals surface area contributed by atoms with E-state index < -0.39 is 0 Å². The van der Waals surface area contributed by atoms with E-state index in [1.165, 1.54) is 0 Å². The highest BCUT2D eigenvalue weighted by Crippen LogP contribution is 2.21. The van der Waals surface area contributed by atoms with Crippen molar-refractivity contribution in [3.8, 4) is 11.4 Å². The van der Waals surface area contributed by atoms with Gasteiger partial charge in [-0.3, -0.25) is 9.20 Å². The average molecular weight is 411 g/mol. The number of carbonyl (C=O) groups excluding carboxylic acids is 1. The maximum Gasteiger partial charge on any atom is 0.251 e. The Labute approximate surface area is 158 Å². The fourth-order valence-corrected chi connectivity index (χ4v) is 2.94. The van der Waals surface area contributed by atoms with Crippen molar-refractivity contribution in [3.05, 3.63) is 76.3 Å². The molecule has 3 heterocycles. The van der Waals surface area contributed by atoms with Crippen molar-refractivity contribution in [2.75, 3.05) is 0 Å². The Hall–Kier alpha value is -2.93. The van der Waals surface area contributed by atoms with Crippen LogP contribution < -0.4 is 5.32 Å². The summed E-state index contributed by atoms with van der Waals surface area (Å²) in [4.78, 5) is 12.4. The number of amides is 1. The Kier molecular flexibility index (Phi) is 4.30. The van der Waals surface area contributed by atoms with Crippen LogP contribution in [0.1, 0.15) is 21.9 Å². The lowest BCUT2D eigenvalue weighted by Crippen LogP contribution is -2.22. The predicted octanol–water partition coefficient (Wildman–Crippen LogP) is 3.99. The van der Waals surface area contributed by atoms with Gasteiger partial charge in [0.2, 0.25) is 0 Å². The lowest BCUT2D eigenvalue weighted by Gasteiger charge is -2.05. The zero-order valence-corrected chi connectivity index (χ0v) is 15.5. The van der Waals surface area contributed by atoms with Crippen molar-refractivity contribution in [1.82, 2.24) is 19.9 Å². The summed E-state index contributed by atoms with van der Waals surface area (Å²) in [6, 6.07) is 15.0. The summed E-state index contributed by atoms with van der Waals surface area (Å²) >= 11 is 3.42. The van der Waals surface area contributed by atoms with Crippen molar-refractivity contribution < 1.29 is 9.21 Å². The van der Waals surface area contributed by atoms with Crippen LogP contribution in [-0.4, -0.2) is 20.5 Å². The van der Waals surface area contributed by atoms with Gasteiger partial charge in [-0.15, -0.1) is 10.2 Å². The van der Waals surface area contributed by atoms with E-state index in [1.54, 1.807) is 18.3 Å². The number of nitrogens with one attached hydrogen (secondary N) is 1. The molecule has 0 bridgehead atoms. The zero-order valence-electron chi connectivity index (χ0n) is 13.9. The van der Waals surface area contributed by atoms with Gasteiger partial charge in [0.05, 0.1) is 6.54 Å². The third-order valence-corrected chi connectivity index (χ3v) is 4.52. The van der Waals surface area contributed by atoms with Gasteiger partial charge in [-0.05, 0) is 43.3 Å². The first kappa shape index (κ1) is 16.5. The number of benzene rings is 1. The second-order valence-corrected chi connectivity index (χ2v) is 6.78. The highest BCUT2D eigenvalue weighted by molar-refractivity contribution is 9.10. The van der Waals surface area contributed by atoms with Crippen LogP contribution >= 0.6 is 15.9 Å². The summed E-state index contributed by atoms with van der Waals surface area (Å²) in [6.45, 7) is 2.21. The average Bonchev–Trinajstić information content (AvgIpc) is 3.26. The molecule has 3 aromatic heterocycles. The molecule has 1 N–H and O–H groups in total. The Balaban J connectivity index is 1.56. The smallest absolute Gasteiger partial charge is 0.251 e. The number of furan rings is 1. The second-order valence-electron chi connectivity index (χ2n) is 5.87. The van der Waals surface area contributed by atoms with Crippen molar-refractivity contribution >= 4 is 27.5 Å². The van der Waals surface area contributed by atoms with E-state index in [0.29, 0.717) is 17.8 Å². The topological polar surface area (TPSA) is 72.4 Å². The number of halogens is 1. The predicted molar refractivity (Wildman–Crippen MR) is 101 cm³/mol. The van der Waals surface area contributed by atoms with Crippen LogP contribution in [0.15, 0.2) is 63.6 Å². The summed E-state index contributed by atoms with van der Waals surface area (Å²) in [5.41, 5.74) is 2.09. The minimum atomic E-state index is -0.185. The number of fused-ring (bicyclic) bond motifs is 1. The molecule has 0 unspecified atom stereocenters. The molecule has 0 radical (unpaired) electrons. The molecule has 7 heteroatoms. The van der Waals surface area contributed by atoms with Crippen molar-refractivity contribution in [2.24, 2.45) is 0 Å². The molecule has 1 aromatic carbocycles. The van der Waals surface area contributed by atoms with Gasteiger partial charge in [0, 0.05) is 21.8 Å². The molecular formula is C19H15BrN4O2. The Morgan fingerprint density at radius 3 is 2.69 bits per heavy atom. The normalized spacial score (nSPS) is 11.0. The number of nitrogens with zero attached hydrogens (tertiary/aromatic N) is 3. The largest absolute Gasteiger partial charge is 0.465 e. The van der Waals surface area contributed by atoms with Gasteiger partial charge in [-0.1, -0.05) is 28.1 Å². The molecule has 0 aliphatic carbocycles. The monoisotopic (exact) mass is 410 g/mol. The van der Waals surface area contributed by atoms with Crippen molar-refractivity contribution in [1.29, 1.82) is 0 Å². The molecule has 0 aliphatic rings. The van der Waals surface area contributed by atoms with Gasteiger partial charge in [-0.25, -0.2) is 0 Å². The van der Waals surface area contributed by atoms with E-state index in [9.17, 15) is 4.79 Å². The summed E-state index contributed by atoms with van der Waals surface area (Å²) in [5.74, 6) is 2.08. The lowest BCUT2D eigenvalue weighted by atomic mass is 10.2. The van der Waals surface area contributed by atoms with E-state index in [0.717, 1.165) is 27.4 Å². The highest BCUT2D eigenvalue weighted by atomic mass is 79.9. The summed E-state index contributed by atoms with van der Waals surface area (Å²) in [6.07, 6.45) is 1.80. The maximum absolute atomic E-state index is 12.4. The van der Waals surface area contributed by atoms with Gasteiger partial charge >= 0.3 is 0 Å². The summed E-state index contributed by atoms with van der Waals surface area (Å²) in [5, 5.41) is 11.3. The molecule has 0 spiro atoms. The quantitative estimate of drug-likeness (QED) is 0.551. The van der Waals surface area contributed by atoms with Crippen LogP contribution in [0.5, 0.6) is 0 Å². The number of aromatic nitrogens is 3. The number of rotatable bonds is 4. The minimum Gasteiger partial charge on any atom is -0.465 e. The van der Waals surface area contributed by atoms with Gasteiger partial charge in [0.1, 0.15) is 11.5 Å². The molecule has 4 aromatic rings. The molecule has 130 valence electrons. The summed E-state index contributed by atoms with van der Waals surface area (Å²) in [7, 11) is 0. The second kappa shape index (κ2) is 6.76. The van der Waals surface area contributed by atoms with Crippen LogP contribution in [0.2, 0.25) is 0 Å². The first-order valence-corrected chi connectivity index (χ1v) is 8.84. The molecular weight excluding hydrogens is 396 g/mol. The zero-order chi connectivity index (χ0) is 18.1. The molecule has 0 saturated carbocycles. The molecule has 0 atom stereocenters. The molecule has 0 saturated heterocycles. The number of hydrogen-bond donors (Lipinski definition) is 1. The van der Waals surface area contributed by atoms with E-state index in [-0.39, 0.29) is 5.91 Å². The maximum atomic E-state index is 12.4. The van der Waals surface area contributed by atoms with E-state index in [4.69, 9.17) is 4.42 Å². The minimum absolute atomic E-state index is 0.185. The lowest BCUT2D eigenvalue weighted by molar-refractivity contribution is 0.0948. The SMILES string of the molecule is Cc1ccc(CNC(=O)c2ccn3c(-c4ccc(Br)cc4)nnc3c2)o1. The Bertz CT molecular complexity index is 1080. The van der Waals surface area contributed by atoms with E-state index in [2.05, 4.69) is 31.4 Å². The Morgan fingerprint density at radius 1 is 1.15 bits per heavy atom. The molecule has 6 nitrogen and oxygen atoms in total. The van der Waals surface area contributed by atoms with Crippen LogP contribution in [0.4, 0.5) is 0 Å². The number of pyridine rings is 1. The molecule has 0 fully saturated rings. The highest BCUT2D eigenvalue weighted by Gasteiger charge is 2.12. The van der Waals surface area contributed by atoms with Gasteiger partial charge in [0.15, 0.2) is 11.5 Å². The molecule has 26 heavy (non-hydrogen) atoms. The fraction of sp³-hybridized carbons (Fsp3) is 0.105. The number of hydrogen-bond acceptors (Lipinski definition) is 4. The van der Waals surface area contributed by atoms with Crippen LogP contribution in [-0.2, 0) is 6.54 Å². The van der Waals surface area contributed by atoms with E-state index in [1.807, 2.05) is 47.7 Å². The fourth-order valence-electron chi connectivity index (χ4n) is 2.68. The van der Waals surface area contributed by atoms with Crippen LogP contribution in [0.25, 0.3) is 17.0 Å². The summed E-state index contributed by atoms with van der Waals surface area (Å²) < 4.78 is 8.31. The van der Waals surface area contributed by atoms with Crippen LogP contribution in [0.3, 0.4) is 0 Å². The van der Waals surface area contributed by atoms with Crippen molar-refractivity contribution in [3.63, 3.8) is 0 Å². The van der Waals surface area contributed by atoms with E-state index >= 15 is 0 Å². The third-order valence-electron chi connectivity index (χ3n) is 3.99. The third kappa shape index (κ3) is 3.25. The van der Waals surface area contributed by atoms with Gasteiger partial charge in [-0.2, -0.15) is 0 Å². The number of aryl methyl sites for hydroxylation is 1. The standard InChI is InChI=1S/C19H15BrN4O2/c1-12-2-7-16(26-12)11-21-19(25)14-8-9-24-17(10-14)22-23-18(24)13-3-5-15(20)6-4-13/h2-10H,11H2,1H3,(H,21,25). The van der Waals surface area contributed by atoms with Crippen molar-refractivity contribution in [2.45, 2.75) is 13.5 Å². The van der Waals surface area contributed by atoms with Gasteiger partial charge in [0.25, 0.3) is 5.91 Å². The Morgan fingerprint density at radius 2 is 1.96 bits per heavy atom. The first-order chi connectivity index (χ1) is 12.6. The molecule has 0 aliphatic heterocycles. The first-order valence-electron chi connectivity index (χ1n) is 8.04. The number of carbonyl (C=O) groups is 1.